The Kier molecular flexibility index (Phi) is 13.2. The van der Waals surface area contributed by atoms with E-state index in [2.05, 4.69) is 56.0 Å². The van der Waals surface area contributed by atoms with Crippen LogP contribution in [-0.4, -0.2) is 63.7 Å². The minimum absolute atomic E-state index is 0.0895. The molecule has 4 N–H and O–H groups in total. The molecule has 54 heavy (non-hydrogen) atoms. The van der Waals surface area contributed by atoms with Crippen molar-refractivity contribution in [2.24, 2.45) is 0 Å². The van der Waals surface area contributed by atoms with Crippen molar-refractivity contribution in [2.75, 3.05) is 20.8 Å². The number of carboxylic acids is 1. The van der Waals surface area contributed by atoms with Crippen LogP contribution < -0.4 is 5.32 Å². The van der Waals surface area contributed by atoms with Gasteiger partial charge in [0.05, 0.1) is 42.3 Å². The van der Waals surface area contributed by atoms with Crippen molar-refractivity contribution in [3.8, 4) is 0 Å². The molecule has 0 aliphatic carbocycles. The SMILES string of the molecule is CCCCCCCOC(C)c1c(C)c2cc3nc(c(CC(=O)OC)c4nc(cc5[nH]c(cc1[nH]2)c(C)c5CC)C(C)=C4C(=O)NC)C(CCC(=O)O)C3C. The van der Waals surface area contributed by atoms with Crippen LogP contribution in [0.15, 0.2) is 18.2 Å². The largest absolute Gasteiger partial charge is 0.481 e. The number of amides is 1. The van der Waals surface area contributed by atoms with E-state index in [0.29, 0.717) is 40.4 Å². The molecule has 1 amide bonds. The van der Waals surface area contributed by atoms with Gasteiger partial charge in [-0.2, -0.15) is 0 Å². The molecule has 0 saturated carbocycles. The number of hydrogen-bond donors (Lipinski definition) is 4. The third-order valence-electron chi connectivity index (χ3n) is 11.2. The molecule has 11 nitrogen and oxygen atoms in total. The Labute approximate surface area is 318 Å². The van der Waals surface area contributed by atoms with Gasteiger partial charge in [0.1, 0.15) is 0 Å². The standard InChI is InChI=1S/C43H57N5O6/c1-10-12-13-14-15-18-54-27(7)39-25(5)33-20-32-24(4)29(16-17-37(49)50)41(47-32)30(19-38(51)53-9)42-40(43(52)44-8)26(6)34(48-42)21-35-28(11-2)23(3)31(45-35)22-36(39)46-33/h20-22,24,27,29,45-46H,10-19H2,1-9H3,(H,44,52)(H,49,50). The normalized spacial score (nSPS) is 16.1. The second kappa shape index (κ2) is 17.6. The van der Waals surface area contributed by atoms with Crippen molar-refractivity contribution in [3.63, 3.8) is 0 Å². The molecule has 5 heterocycles. The smallest absolute Gasteiger partial charge is 0.310 e. The number of ether oxygens (including phenoxy) is 2. The minimum Gasteiger partial charge on any atom is -0.481 e. The van der Waals surface area contributed by atoms with Crippen LogP contribution in [0.5, 0.6) is 0 Å². The van der Waals surface area contributed by atoms with Gasteiger partial charge < -0.3 is 29.9 Å². The molecule has 0 spiro atoms. The lowest BCUT2D eigenvalue weighted by molar-refractivity contribution is -0.140. The molecule has 3 aromatic rings. The highest BCUT2D eigenvalue weighted by Crippen LogP contribution is 2.44. The zero-order chi connectivity index (χ0) is 39.3. The number of nitrogens with one attached hydrogen (secondary N) is 3. The van der Waals surface area contributed by atoms with Crippen LogP contribution in [0.25, 0.3) is 33.2 Å². The van der Waals surface area contributed by atoms with Gasteiger partial charge in [0.25, 0.3) is 5.91 Å². The van der Waals surface area contributed by atoms with Crippen molar-refractivity contribution in [1.29, 1.82) is 0 Å². The lowest BCUT2D eigenvalue weighted by atomic mass is 9.84. The average Bonchev–Trinajstić information content (AvgIpc) is 3.83. The van der Waals surface area contributed by atoms with E-state index in [1.165, 1.54) is 26.4 Å². The van der Waals surface area contributed by atoms with Gasteiger partial charge in [0, 0.05) is 70.8 Å². The Morgan fingerprint density at radius 2 is 1.63 bits per heavy atom. The first-order valence-electron chi connectivity index (χ1n) is 19.4. The molecule has 11 heteroatoms. The van der Waals surface area contributed by atoms with Crippen molar-refractivity contribution in [2.45, 2.75) is 124 Å². The number of carbonyl (C=O) groups is 3. The number of H-pyrrole nitrogens is 2. The van der Waals surface area contributed by atoms with E-state index in [1.54, 1.807) is 7.05 Å². The summed E-state index contributed by atoms with van der Waals surface area (Å²) >= 11 is 0. The highest BCUT2D eigenvalue weighted by Gasteiger charge is 2.35. The monoisotopic (exact) mass is 739 g/mol. The molecule has 0 aromatic carbocycles. The average molecular weight is 740 g/mol. The van der Waals surface area contributed by atoms with E-state index >= 15 is 0 Å². The van der Waals surface area contributed by atoms with Crippen LogP contribution in [0.1, 0.15) is 148 Å². The van der Waals surface area contributed by atoms with E-state index in [-0.39, 0.29) is 43.1 Å². The van der Waals surface area contributed by atoms with Gasteiger partial charge in [-0.25, -0.2) is 4.98 Å². The van der Waals surface area contributed by atoms with Gasteiger partial charge in [-0.1, -0.05) is 46.5 Å². The first kappa shape index (κ1) is 40.4. The second-order valence-corrected chi connectivity index (χ2v) is 14.7. The number of unbranched alkanes of at least 4 members (excludes halogenated alkanes) is 4. The highest BCUT2D eigenvalue weighted by molar-refractivity contribution is 6.27. The number of aromatic amines is 2. The van der Waals surface area contributed by atoms with Crippen molar-refractivity contribution in [1.82, 2.24) is 25.3 Å². The van der Waals surface area contributed by atoms with Gasteiger partial charge in [0.2, 0.25) is 0 Å². The molecule has 0 saturated heterocycles. The second-order valence-electron chi connectivity index (χ2n) is 14.7. The summed E-state index contributed by atoms with van der Waals surface area (Å²) in [6.07, 6.45) is 6.38. The number of rotatable bonds is 15. The maximum Gasteiger partial charge on any atom is 0.310 e. The number of aliphatic carboxylic acids is 1. The summed E-state index contributed by atoms with van der Waals surface area (Å²) < 4.78 is 11.7. The Morgan fingerprint density at radius 1 is 0.926 bits per heavy atom. The molecule has 2 aliphatic rings. The van der Waals surface area contributed by atoms with Gasteiger partial charge in [0.15, 0.2) is 0 Å². The first-order chi connectivity index (χ1) is 25.8. The van der Waals surface area contributed by atoms with Crippen molar-refractivity contribution in [3.05, 3.63) is 68.8 Å². The molecule has 0 radical (unpaired) electrons. The van der Waals surface area contributed by atoms with Crippen LogP contribution in [0.3, 0.4) is 0 Å². The molecule has 290 valence electrons. The highest BCUT2D eigenvalue weighted by atomic mass is 16.5. The summed E-state index contributed by atoms with van der Waals surface area (Å²) in [4.78, 5) is 56.3. The molecular formula is C43H57N5O6. The third kappa shape index (κ3) is 8.31. The number of hydrogen-bond acceptors (Lipinski definition) is 7. The number of methoxy groups -OCH3 is 1. The fraction of sp³-hybridized carbons (Fsp3) is 0.512. The summed E-state index contributed by atoms with van der Waals surface area (Å²) in [5, 5.41) is 12.5. The van der Waals surface area contributed by atoms with Crippen LogP contribution in [-0.2, 0) is 36.7 Å². The first-order valence-corrected chi connectivity index (χ1v) is 19.4. The maximum atomic E-state index is 13.6. The Balaban J connectivity index is 1.90. The van der Waals surface area contributed by atoms with Gasteiger partial charge >= 0.3 is 11.9 Å². The molecular weight excluding hydrogens is 683 g/mol. The number of aryl methyl sites for hydroxylation is 3. The lowest BCUT2D eigenvalue weighted by Gasteiger charge is -2.18. The van der Waals surface area contributed by atoms with Crippen molar-refractivity contribution >= 4 is 51.1 Å². The zero-order valence-corrected chi connectivity index (χ0v) is 33.4. The number of aromatic nitrogens is 4. The van der Waals surface area contributed by atoms with E-state index < -0.39 is 11.9 Å². The number of likely N-dealkylation sites (N-methyl/N-ethyl adjacent to an activating group) is 1. The van der Waals surface area contributed by atoms with Crippen LogP contribution in [0.4, 0.5) is 0 Å². The molecule has 3 unspecified atom stereocenters. The molecule has 3 atom stereocenters. The number of nitrogens with zero attached hydrogens (tertiary/aromatic N) is 2. The number of carboxylic acid groups (broad SMARTS) is 1. The van der Waals surface area contributed by atoms with Crippen LogP contribution in [0, 0.1) is 13.8 Å². The minimum atomic E-state index is -0.923. The van der Waals surface area contributed by atoms with Gasteiger partial charge in [-0.3, -0.25) is 19.4 Å². The van der Waals surface area contributed by atoms with Crippen molar-refractivity contribution < 1.29 is 29.0 Å². The summed E-state index contributed by atoms with van der Waals surface area (Å²) in [6.45, 7) is 15.2. The molecule has 0 fully saturated rings. The van der Waals surface area contributed by atoms with Crippen LogP contribution in [0.2, 0.25) is 0 Å². The number of esters is 1. The molecule has 2 aliphatic heterocycles. The summed E-state index contributed by atoms with van der Waals surface area (Å²) in [5.74, 6) is -2.34. The van der Waals surface area contributed by atoms with E-state index in [0.717, 1.165) is 69.3 Å². The Hall–Kier alpha value is -4.77. The lowest BCUT2D eigenvalue weighted by Crippen LogP contribution is -2.21. The van der Waals surface area contributed by atoms with Crippen LogP contribution >= 0.6 is 0 Å². The predicted molar refractivity (Wildman–Crippen MR) is 213 cm³/mol. The summed E-state index contributed by atoms with van der Waals surface area (Å²) in [5.41, 5.74) is 11.7. The molecule has 3 aromatic heterocycles. The molecule has 8 bridgehead atoms. The summed E-state index contributed by atoms with van der Waals surface area (Å²) in [6, 6.07) is 6.16. The third-order valence-corrected chi connectivity index (χ3v) is 11.2. The van der Waals surface area contributed by atoms with Gasteiger partial charge in [-0.05, 0) is 87.4 Å². The van der Waals surface area contributed by atoms with Gasteiger partial charge in [-0.15, -0.1) is 0 Å². The quantitative estimate of drug-likeness (QED) is 0.0890. The van der Waals surface area contributed by atoms with E-state index in [1.807, 2.05) is 26.0 Å². The van der Waals surface area contributed by atoms with E-state index in [4.69, 9.17) is 19.4 Å². The Bertz CT molecular complexity index is 2110. The zero-order valence-electron chi connectivity index (χ0n) is 33.4. The topological polar surface area (TPSA) is 159 Å². The predicted octanol–water partition coefficient (Wildman–Crippen LogP) is 8.69. The number of carbonyl (C=O) groups excluding carboxylic acids is 2. The number of allylic oxidation sites excluding steroid dienone is 1. The maximum absolute atomic E-state index is 13.6. The molecule has 5 rings (SSSR count). The fourth-order valence-electron chi connectivity index (χ4n) is 8.04. The van der Waals surface area contributed by atoms with E-state index in [9.17, 15) is 19.5 Å². The summed E-state index contributed by atoms with van der Waals surface area (Å²) in [7, 11) is 2.89. The Morgan fingerprint density at radius 3 is 2.30 bits per heavy atom. The number of fused-ring (bicyclic) bond motifs is 8. The fourth-order valence-corrected chi connectivity index (χ4v) is 8.04.